The number of carbonyl (C=O) groups excluding carboxylic acids is 2. The van der Waals surface area contributed by atoms with E-state index < -0.39 is 17.8 Å². The van der Waals surface area contributed by atoms with E-state index >= 15 is 0 Å². The lowest BCUT2D eigenvalue weighted by Crippen LogP contribution is -2.40. The molecule has 0 unspecified atom stereocenters. The Morgan fingerprint density at radius 3 is 2.47 bits per heavy atom. The molecule has 0 spiro atoms. The highest BCUT2D eigenvalue weighted by molar-refractivity contribution is 6.11. The molecule has 0 saturated carbocycles. The highest BCUT2D eigenvalue weighted by atomic mass is 16.5. The first-order valence-electron chi connectivity index (χ1n) is 4.68. The number of ketones is 1. The number of nitrogens with two attached hydrogens (primary N) is 1. The fourth-order valence-corrected chi connectivity index (χ4v) is 1.12. The molecule has 0 radical (unpaired) electrons. The predicted molar refractivity (Wildman–Crippen MR) is 55.4 cm³/mol. The number of ether oxygens (including phenoxy) is 1. The van der Waals surface area contributed by atoms with Crippen LogP contribution in [0.25, 0.3) is 0 Å². The third kappa shape index (κ3) is 2.89. The summed E-state index contributed by atoms with van der Waals surface area (Å²) in [4.78, 5) is 22.8. The lowest BCUT2D eigenvalue weighted by atomic mass is 10.1. The molecular weight excluding hydrogens is 194 g/mol. The number of carbonyl (C=O) groups is 2. The minimum absolute atomic E-state index is 0.217. The van der Waals surface area contributed by atoms with Crippen LogP contribution in [-0.4, -0.2) is 24.4 Å². The first-order chi connectivity index (χ1) is 7.16. The number of hydrogen-bond acceptors (Lipinski definition) is 4. The zero-order valence-electron chi connectivity index (χ0n) is 8.47. The number of Topliss-reactive ketones (excluding diaryl/α,β-unsaturated/α-hetero) is 1. The largest absolute Gasteiger partial charge is 0.464 e. The molecule has 0 aliphatic rings. The van der Waals surface area contributed by atoms with Crippen molar-refractivity contribution < 1.29 is 14.3 Å². The van der Waals surface area contributed by atoms with Crippen LogP contribution in [0.4, 0.5) is 0 Å². The lowest BCUT2D eigenvalue weighted by Gasteiger charge is -2.08. The summed E-state index contributed by atoms with van der Waals surface area (Å²) in [5.41, 5.74) is 5.87. The van der Waals surface area contributed by atoms with Crippen LogP contribution in [-0.2, 0) is 9.53 Å². The van der Waals surface area contributed by atoms with Crippen molar-refractivity contribution in [1.29, 1.82) is 0 Å². The van der Waals surface area contributed by atoms with E-state index in [-0.39, 0.29) is 6.61 Å². The van der Waals surface area contributed by atoms with Crippen molar-refractivity contribution in [3.05, 3.63) is 35.9 Å². The fraction of sp³-hybridized carbons (Fsp3) is 0.273. The van der Waals surface area contributed by atoms with Crippen LogP contribution in [0, 0.1) is 0 Å². The van der Waals surface area contributed by atoms with Gasteiger partial charge in [-0.15, -0.1) is 0 Å². The Balaban J connectivity index is 2.73. The average Bonchev–Trinajstić information content (AvgIpc) is 2.28. The standard InChI is InChI=1S/C11H13NO3/c1-2-15-11(14)9(12)10(13)8-6-4-3-5-7-8/h3-7,9H,2,12H2,1H3/t9-/m1/s1. The summed E-state index contributed by atoms with van der Waals surface area (Å²) in [6, 6.07) is 7.21. The molecule has 0 amide bonds. The molecule has 4 nitrogen and oxygen atoms in total. The molecule has 0 aliphatic heterocycles. The van der Waals surface area contributed by atoms with Gasteiger partial charge in [-0.05, 0) is 6.92 Å². The van der Waals surface area contributed by atoms with Gasteiger partial charge in [0.25, 0.3) is 0 Å². The molecule has 0 heterocycles. The summed E-state index contributed by atoms with van der Waals surface area (Å²) < 4.78 is 4.66. The van der Waals surface area contributed by atoms with Gasteiger partial charge in [0.05, 0.1) is 6.61 Å². The van der Waals surface area contributed by atoms with Crippen molar-refractivity contribution in [3.63, 3.8) is 0 Å². The molecule has 4 heteroatoms. The number of benzene rings is 1. The molecule has 0 bridgehead atoms. The van der Waals surface area contributed by atoms with Crippen LogP contribution in [0.1, 0.15) is 17.3 Å². The van der Waals surface area contributed by atoms with Gasteiger partial charge in [0.1, 0.15) is 0 Å². The Kier molecular flexibility index (Phi) is 4.00. The third-order valence-corrected chi connectivity index (χ3v) is 1.88. The molecule has 80 valence electrons. The van der Waals surface area contributed by atoms with Gasteiger partial charge < -0.3 is 10.5 Å². The van der Waals surface area contributed by atoms with Crippen molar-refractivity contribution in [1.82, 2.24) is 0 Å². The first kappa shape index (κ1) is 11.4. The van der Waals surface area contributed by atoms with Crippen LogP contribution >= 0.6 is 0 Å². The van der Waals surface area contributed by atoms with E-state index in [4.69, 9.17) is 5.73 Å². The van der Waals surface area contributed by atoms with Gasteiger partial charge in [-0.3, -0.25) is 4.79 Å². The molecule has 15 heavy (non-hydrogen) atoms. The second-order valence-electron chi connectivity index (χ2n) is 2.96. The summed E-state index contributed by atoms with van der Waals surface area (Å²) in [5.74, 6) is -1.11. The Morgan fingerprint density at radius 1 is 1.33 bits per heavy atom. The Labute approximate surface area is 88.0 Å². The van der Waals surface area contributed by atoms with E-state index in [1.54, 1.807) is 37.3 Å². The smallest absolute Gasteiger partial charge is 0.331 e. The monoisotopic (exact) mass is 207 g/mol. The number of hydrogen-bond donors (Lipinski definition) is 1. The van der Waals surface area contributed by atoms with E-state index in [1.165, 1.54) is 0 Å². The van der Waals surface area contributed by atoms with Gasteiger partial charge in [0, 0.05) is 5.56 Å². The summed E-state index contributed by atoms with van der Waals surface area (Å²) in [6.45, 7) is 1.88. The van der Waals surface area contributed by atoms with Crippen LogP contribution in [0.15, 0.2) is 30.3 Å². The highest BCUT2D eigenvalue weighted by Gasteiger charge is 2.24. The average molecular weight is 207 g/mol. The van der Waals surface area contributed by atoms with E-state index in [1.807, 2.05) is 0 Å². The summed E-state index contributed by atoms with van der Waals surface area (Å²) in [7, 11) is 0. The van der Waals surface area contributed by atoms with E-state index in [2.05, 4.69) is 4.74 Å². The topological polar surface area (TPSA) is 69.4 Å². The van der Waals surface area contributed by atoms with Crippen molar-refractivity contribution >= 4 is 11.8 Å². The minimum atomic E-state index is -1.23. The Hall–Kier alpha value is -1.68. The third-order valence-electron chi connectivity index (χ3n) is 1.88. The molecular formula is C11H13NO3. The van der Waals surface area contributed by atoms with Crippen molar-refractivity contribution in [2.24, 2.45) is 5.73 Å². The van der Waals surface area contributed by atoms with Crippen molar-refractivity contribution in [2.45, 2.75) is 13.0 Å². The zero-order valence-corrected chi connectivity index (χ0v) is 8.47. The van der Waals surface area contributed by atoms with Gasteiger partial charge in [-0.25, -0.2) is 4.79 Å². The van der Waals surface area contributed by atoms with Gasteiger partial charge in [-0.2, -0.15) is 0 Å². The first-order valence-corrected chi connectivity index (χ1v) is 4.68. The number of rotatable bonds is 4. The van der Waals surface area contributed by atoms with Crippen molar-refractivity contribution in [2.75, 3.05) is 6.61 Å². The molecule has 2 N–H and O–H groups in total. The van der Waals surface area contributed by atoms with E-state index in [0.717, 1.165) is 0 Å². The van der Waals surface area contributed by atoms with Gasteiger partial charge in [0.15, 0.2) is 11.8 Å². The summed E-state index contributed by atoms with van der Waals surface area (Å²) >= 11 is 0. The molecule has 0 saturated heterocycles. The van der Waals surface area contributed by atoms with Gasteiger partial charge in [-0.1, -0.05) is 30.3 Å². The second-order valence-corrected chi connectivity index (χ2v) is 2.96. The maximum atomic E-state index is 11.6. The number of esters is 1. The maximum Gasteiger partial charge on any atom is 0.331 e. The second kappa shape index (κ2) is 5.26. The summed E-state index contributed by atoms with van der Waals surface area (Å²) in [6.07, 6.45) is 0. The molecule has 0 aliphatic carbocycles. The van der Waals surface area contributed by atoms with Crippen LogP contribution in [0.2, 0.25) is 0 Å². The lowest BCUT2D eigenvalue weighted by molar-refractivity contribution is -0.143. The Bertz CT molecular complexity index is 348. The van der Waals surface area contributed by atoms with Gasteiger partial charge >= 0.3 is 5.97 Å². The van der Waals surface area contributed by atoms with Gasteiger partial charge in [0.2, 0.25) is 0 Å². The Morgan fingerprint density at radius 2 is 1.93 bits per heavy atom. The normalized spacial score (nSPS) is 11.9. The quantitative estimate of drug-likeness (QED) is 0.449. The molecule has 0 aromatic heterocycles. The molecule has 0 fully saturated rings. The minimum Gasteiger partial charge on any atom is -0.464 e. The van der Waals surface area contributed by atoms with E-state index in [9.17, 15) is 9.59 Å². The predicted octanol–water partition coefficient (Wildman–Crippen LogP) is 0.760. The SMILES string of the molecule is CCOC(=O)[C@H](N)C(=O)c1ccccc1. The summed E-state index contributed by atoms with van der Waals surface area (Å²) in [5, 5.41) is 0. The molecule has 1 atom stereocenters. The van der Waals surface area contributed by atoms with E-state index in [0.29, 0.717) is 5.56 Å². The van der Waals surface area contributed by atoms with Crippen LogP contribution in [0.3, 0.4) is 0 Å². The highest BCUT2D eigenvalue weighted by Crippen LogP contribution is 2.03. The molecule has 1 rings (SSSR count). The maximum absolute atomic E-state index is 11.6. The fourth-order valence-electron chi connectivity index (χ4n) is 1.12. The van der Waals surface area contributed by atoms with Crippen LogP contribution in [0.5, 0.6) is 0 Å². The molecule has 1 aromatic rings. The molecule has 1 aromatic carbocycles. The zero-order chi connectivity index (χ0) is 11.3. The van der Waals surface area contributed by atoms with Crippen molar-refractivity contribution in [3.8, 4) is 0 Å². The van der Waals surface area contributed by atoms with Crippen LogP contribution < -0.4 is 5.73 Å².